The molecule has 1 aromatic rings. The largest absolute Gasteiger partial charge is 0.396 e. The van der Waals surface area contributed by atoms with Crippen LogP contribution in [-0.4, -0.2) is 47.1 Å². The van der Waals surface area contributed by atoms with Crippen molar-refractivity contribution in [1.82, 2.24) is 20.4 Å². The highest BCUT2D eigenvalue weighted by Gasteiger charge is 2.07. The molecule has 1 aromatic heterocycles. The normalized spacial score (nSPS) is 12.6. The Morgan fingerprint density at radius 2 is 2.12 bits per heavy atom. The minimum atomic E-state index is 0. The Hall–Kier alpha value is -0.830. The number of rotatable bonds is 11. The topological polar surface area (TPSA) is 74.5 Å². The first-order valence-corrected chi connectivity index (χ1v) is 8.80. The summed E-state index contributed by atoms with van der Waals surface area (Å²) in [6.07, 6.45) is 9.12. The second-order valence-corrected chi connectivity index (χ2v) is 5.94. The number of hydrogen-bond donors (Lipinski definition) is 3. The minimum absolute atomic E-state index is 0. The summed E-state index contributed by atoms with van der Waals surface area (Å²) in [5.41, 5.74) is 1.27. The Bertz CT molecular complexity index is 444. The van der Waals surface area contributed by atoms with Crippen molar-refractivity contribution in [3.63, 3.8) is 0 Å². The van der Waals surface area contributed by atoms with E-state index in [1.807, 2.05) is 17.9 Å². The number of aliphatic imine (C=N–C) groups is 1. The third-order valence-corrected chi connectivity index (χ3v) is 3.78. The van der Waals surface area contributed by atoms with Crippen molar-refractivity contribution in [3.8, 4) is 0 Å². The van der Waals surface area contributed by atoms with Gasteiger partial charge in [0.2, 0.25) is 0 Å². The molecule has 1 heterocycles. The summed E-state index contributed by atoms with van der Waals surface area (Å²) in [6.45, 7) is 7.01. The number of aliphatic hydroxyl groups is 1. The third-order valence-electron chi connectivity index (χ3n) is 3.78. The van der Waals surface area contributed by atoms with Crippen molar-refractivity contribution in [1.29, 1.82) is 0 Å². The van der Waals surface area contributed by atoms with Crippen molar-refractivity contribution in [3.05, 3.63) is 18.0 Å². The van der Waals surface area contributed by atoms with Crippen LogP contribution in [0.25, 0.3) is 0 Å². The van der Waals surface area contributed by atoms with Gasteiger partial charge in [-0.15, -0.1) is 24.0 Å². The first-order chi connectivity index (χ1) is 11.2. The molecule has 0 aromatic carbocycles. The zero-order chi connectivity index (χ0) is 16.9. The molecule has 0 saturated heterocycles. The average Bonchev–Trinajstić information content (AvgIpc) is 2.94. The van der Waals surface area contributed by atoms with Crippen molar-refractivity contribution < 1.29 is 5.11 Å². The van der Waals surface area contributed by atoms with Crippen molar-refractivity contribution in [2.45, 2.75) is 46.0 Å². The SMILES string of the molecule is CCCC(CCO)CN=C(NCC)NCCCc1cnn(C)c1.I. The van der Waals surface area contributed by atoms with Gasteiger partial charge in [-0.2, -0.15) is 5.10 Å². The van der Waals surface area contributed by atoms with Crippen LogP contribution in [0.4, 0.5) is 0 Å². The first-order valence-electron chi connectivity index (χ1n) is 8.80. The van der Waals surface area contributed by atoms with E-state index in [1.165, 1.54) is 5.56 Å². The number of guanidine groups is 1. The smallest absolute Gasteiger partial charge is 0.191 e. The molecule has 0 fully saturated rings. The zero-order valence-corrected chi connectivity index (χ0v) is 17.6. The highest BCUT2D eigenvalue weighted by Crippen LogP contribution is 2.10. The average molecular weight is 451 g/mol. The molecule has 0 aliphatic heterocycles. The molecule has 0 saturated carbocycles. The molecule has 0 spiro atoms. The minimum Gasteiger partial charge on any atom is -0.396 e. The molecule has 0 aliphatic carbocycles. The predicted octanol–water partition coefficient (Wildman–Crippen LogP) is 2.32. The summed E-state index contributed by atoms with van der Waals surface area (Å²) >= 11 is 0. The number of aryl methyl sites for hydroxylation is 2. The Morgan fingerprint density at radius 3 is 2.71 bits per heavy atom. The number of nitrogens with zero attached hydrogens (tertiary/aromatic N) is 3. The van der Waals surface area contributed by atoms with Crippen LogP contribution in [0.15, 0.2) is 17.4 Å². The lowest BCUT2D eigenvalue weighted by Crippen LogP contribution is -2.38. The molecule has 6 nitrogen and oxygen atoms in total. The van der Waals surface area contributed by atoms with Crippen LogP contribution in [0.2, 0.25) is 0 Å². The number of hydrogen-bond acceptors (Lipinski definition) is 3. The van der Waals surface area contributed by atoms with E-state index in [2.05, 4.69) is 40.8 Å². The van der Waals surface area contributed by atoms with E-state index in [9.17, 15) is 0 Å². The van der Waals surface area contributed by atoms with Gasteiger partial charge in [0.05, 0.1) is 6.20 Å². The van der Waals surface area contributed by atoms with Crippen LogP contribution in [0.5, 0.6) is 0 Å². The van der Waals surface area contributed by atoms with Gasteiger partial charge >= 0.3 is 0 Å². The number of aliphatic hydroxyl groups excluding tert-OH is 1. The van der Waals surface area contributed by atoms with Crippen LogP contribution < -0.4 is 10.6 Å². The molecule has 140 valence electrons. The highest BCUT2D eigenvalue weighted by atomic mass is 127. The summed E-state index contributed by atoms with van der Waals surface area (Å²) in [7, 11) is 1.94. The van der Waals surface area contributed by atoms with Gasteiger partial charge in [0, 0.05) is 39.5 Å². The van der Waals surface area contributed by atoms with E-state index in [1.54, 1.807) is 0 Å². The van der Waals surface area contributed by atoms with E-state index in [4.69, 9.17) is 5.11 Å². The maximum atomic E-state index is 9.13. The summed E-state index contributed by atoms with van der Waals surface area (Å²) in [5.74, 6) is 1.34. The van der Waals surface area contributed by atoms with Crippen LogP contribution >= 0.6 is 24.0 Å². The summed E-state index contributed by atoms with van der Waals surface area (Å²) in [6, 6.07) is 0. The number of aromatic nitrogens is 2. The second kappa shape index (κ2) is 14.5. The van der Waals surface area contributed by atoms with E-state index in [0.29, 0.717) is 5.92 Å². The summed E-state index contributed by atoms with van der Waals surface area (Å²) in [5, 5.41) is 20.0. The summed E-state index contributed by atoms with van der Waals surface area (Å²) in [4.78, 5) is 4.67. The fraction of sp³-hybridized carbons (Fsp3) is 0.765. The molecule has 3 N–H and O–H groups in total. The molecular weight excluding hydrogens is 417 g/mol. The fourth-order valence-electron chi connectivity index (χ4n) is 2.58. The molecule has 0 aliphatic rings. The standard InChI is InChI=1S/C17H33N5O.HI/c1-4-7-15(9-11-23)12-20-17(18-5-2)19-10-6-8-16-13-21-22(3)14-16;/h13-15,23H,4-12H2,1-3H3,(H2,18,19,20);1H. The van der Waals surface area contributed by atoms with Crippen molar-refractivity contribution in [2.24, 2.45) is 18.0 Å². The van der Waals surface area contributed by atoms with Crippen LogP contribution in [-0.2, 0) is 13.5 Å². The van der Waals surface area contributed by atoms with E-state index in [0.717, 1.165) is 57.7 Å². The molecular formula is C17H34IN5O. The second-order valence-electron chi connectivity index (χ2n) is 5.94. The van der Waals surface area contributed by atoms with Gasteiger partial charge in [-0.1, -0.05) is 13.3 Å². The third kappa shape index (κ3) is 10.1. The van der Waals surface area contributed by atoms with Gasteiger partial charge in [0.15, 0.2) is 5.96 Å². The number of halogens is 1. The highest BCUT2D eigenvalue weighted by molar-refractivity contribution is 14.0. The van der Waals surface area contributed by atoms with Gasteiger partial charge in [0.25, 0.3) is 0 Å². The molecule has 24 heavy (non-hydrogen) atoms. The van der Waals surface area contributed by atoms with Gasteiger partial charge in [-0.05, 0) is 44.1 Å². The molecule has 1 atom stereocenters. The molecule has 1 unspecified atom stereocenters. The maximum Gasteiger partial charge on any atom is 0.191 e. The Balaban J connectivity index is 0.00000529. The summed E-state index contributed by atoms with van der Waals surface area (Å²) < 4.78 is 1.84. The Morgan fingerprint density at radius 1 is 1.33 bits per heavy atom. The van der Waals surface area contributed by atoms with Crippen molar-refractivity contribution in [2.75, 3.05) is 26.2 Å². The van der Waals surface area contributed by atoms with Gasteiger partial charge in [0.1, 0.15) is 0 Å². The maximum absolute atomic E-state index is 9.13. The Labute approximate surface area is 163 Å². The quantitative estimate of drug-likeness (QED) is 0.209. The molecule has 7 heteroatoms. The first kappa shape index (κ1) is 23.2. The molecule has 0 radical (unpaired) electrons. The van der Waals surface area contributed by atoms with Gasteiger partial charge in [-0.3, -0.25) is 9.67 Å². The van der Waals surface area contributed by atoms with Crippen LogP contribution in [0.1, 0.15) is 45.1 Å². The van der Waals surface area contributed by atoms with Gasteiger partial charge < -0.3 is 15.7 Å². The van der Waals surface area contributed by atoms with E-state index >= 15 is 0 Å². The van der Waals surface area contributed by atoms with E-state index < -0.39 is 0 Å². The van der Waals surface area contributed by atoms with Gasteiger partial charge in [-0.25, -0.2) is 0 Å². The molecule has 1 rings (SSSR count). The fourth-order valence-corrected chi connectivity index (χ4v) is 2.58. The molecule has 0 bridgehead atoms. The monoisotopic (exact) mass is 451 g/mol. The van der Waals surface area contributed by atoms with E-state index in [-0.39, 0.29) is 30.6 Å². The van der Waals surface area contributed by atoms with Crippen LogP contribution in [0.3, 0.4) is 0 Å². The van der Waals surface area contributed by atoms with Crippen molar-refractivity contribution >= 4 is 29.9 Å². The van der Waals surface area contributed by atoms with Crippen LogP contribution in [0, 0.1) is 5.92 Å². The predicted molar refractivity (Wildman–Crippen MR) is 111 cm³/mol. The number of nitrogens with one attached hydrogen (secondary N) is 2. The lowest BCUT2D eigenvalue weighted by atomic mass is 10.0. The molecule has 0 amide bonds. The lowest BCUT2D eigenvalue weighted by molar-refractivity contribution is 0.253. The lowest BCUT2D eigenvalue weighted by Gasteiger charge is -2.15. The Kier molecular flexibility index (Phi) is 14.0. The zero-order valence-electron chi connectivity index (χ0n) is 15.3.